The van der Waals surface area contributed by atoms with E-state index < -0.39 is 12.2 Å². The first-order chi connectivity index (χ1) is 5.69. The Morgan fingerprint density at radius 2 is 1.17 bits per heavy atom. The molecule has 0 unspecified atom stereocenters. The van der Waals surface area contributed by atoms with E-state index in [0.29, 0.717) is 12.8 Å². The molecule has 0 spiro atoms. The molecule has 0 bridgehead atoms. The molecule has 1 aliphatic carbocycles. The maximum absolute atomic E-state index is 9.41. The normalized spacial score (nSPS) is 43.0. The molecule has 0 aliphatic heterocycles. The van der Waals surface area contributed by atoms with E-state index in [-0.39, 0.29) is 25.0 Å². The second-order valence-corrected chi connectivity index (χ2v) is 3.49. The molecule has 0 aromatic rings. The summed E-state index contributed by atoms with van der Waals surface area (Å²) < 4.78 is 0. The molecule has 4 nitrogen and oxygen atoms in total. The van der Waals surface area contributed by atoms with Gasteiger partial charge in [-0.2, -0.15) is 0 Å². The van der Waals surface area contributed by atoms with E-state index >= 15 is 0 Å². The van der Waals surface area contributed by atoms with E-state index in [9.17, 15) is 10.2 Å². The smallest absolute Gasteiger partial charge is 0.0595 e. The van der Waals surface area contributed by atoms with Crippen LogP contribution in [0.25, 0.3) is 0 Å². The molecule has 1 rings (SSSR count). The lowest BCUT2D eigenvalue weighted by molar-refractivity contribution is -0.0618. The van der Waals surface area contributed by atoms with Crippen molar-refractivity contribution < 1.29 is 20.4 Å². The Kier molecular flexibility index (Phi) is 3.46. The first kappa shape index (κ1) is 9.92. The van der Waals surface area contributed by atoms with Crippen LogP contribution in [0, 0.1) is 11.8 Å². The number of rotatable bonds is 2. The van der Waals surface area contributed by atoms with E-state index in [4.69, 9.17) is 10.2 Å². The summed E-state index contributed by atoms with van der Waals surface area (Å²) >= 11 is 0. The van der Waals surface area contributed by atoms with Crippen molar-refractivity contribution >= 4 is 0 Å². The highest BCUT2D eigenvalue weighted by atomic mass is 16.3. The molecule has 12 heavy (non-hydrogen) atoms. The highest BCUT2D eigenvalue weighted by Crippen LogP contribution is 2.28. The standard InChI is InChI=1S/C8H16O4/c9-3-5-1-7(11)6(4-10)2-8(5)12/h5-12H,1-4H2/t5-,6-,7-,8-/m0/s1. The van der Waals surface area contributed by atoms with Gasteiger partial charge in [0.1, 0.15) is 0 Å². The zero-order chi connectivity index (χ0) is 9.14. The fraction of sp³-hybridized carbons (Fsp3) is 1.00. The molecule has 4 N–H and O–H groups in total. The largest absolute Gasteiger partial charge is 0.396 e. The van der Waals surface area contributed by atoms with Gasteiger partial charge in [-0.05, 0) is 12.8 Å². The summed E-state index contributed by atoms with van der Waals surface area (Å²) in [6, 6.07) is 0. The van der Waals surface area contributed by atoms with Gasteiger partial charge in [0.2, 0.25) is 0 Å². The zero-order valence-electron chi connectivity index (χ0n) is 6.93. The van der Waals surface area contributed by atoms with Gasteiger partial charge < -0.3 is 20.4 Å². The average molecular weight is 176 g/mol. The Balaban J connectivity index is 2.49. The lowest BCUT2D eigenvalue weighted by Crippen LogP contribution is -2.41. The SMILES string of the molecule is OC[C@@H]1C[C@H](O)[C@H](CO)C[C@@H]1O. The average Bonchev–Trinajstić information content (AvgIpc) is 2.08. The Bertz CT molecular complexity index is 123. The van der Waals surface area contributed by atoms with Crippen molar-refractivity contribution in [1.82, 2.24) is 0 Å². The van der Waals surface area contributed by atoms with Gasteiger partial charge >= 0.3 is 0 Å². The lowest BCUT2D eigenvalue weighted by atomic mass is 9.78. The molecule has 4 atom stereocenters. The Labute approximate surface area is 71.5 Å². The van der Waals surface area contributed by atoms with E-state index in [1.807, 2.05) is 0 Å². The summed E-state index contributed by atoms with van der Waals surface area (Å²) in [7, 11) is 0. The summed E-state index contributed by atoms with van der Waals surface area (Å²) in [4.78, 5) is 0. The van der Waals surface area contributed by atoms with Gasteiger partial charge in [0.05, 0.1) is 12.2 Å². The van der Waals surface area contributed by atoms with Crippen LogP contribution in [-0.4, -0.2) is 45.8 Å². The third kappa shape index (κ3) is 1.95. The highest BCUT2D eigenvalue weighted by Gasteiger charge is 2.34. The minimum Gasteiger partial charge on any atom is -0.396 e. The van der Waals surface area contributed by atoms with Crippen molar-refractivity contribution in [3.8, 4) is 0 Å². The van der Waals surface area contributed by atoms with E-state index in [1.165, 1.54) is 0 Å². The number of aliphatic hydroxyl groups is 4. The first-order valence-corrected chi connectivity index (χ1v) is 4.27. The van der Waals surface area contributed by atoms with E-state index in [0.717, 1.165) is 0 Å². The number of aliphatic hydroxyl groups excluding tert-OH is 4. The lowest BCUT2D eigenvalue weighted by Gasteiger charge is -2.35. The third-order valence-corrected chi connectivity index (χ3v) is 2.65. The summed E-state index contributed by atoms with van der Waals surface area (Å²) in [5, 5.41) is 36.4. The highest BCUT2D eigenvalue weighted by molar-refractivity contribution is 4.84. The second-order valence-electron chi connectivity index (χ2n) is 3.49. The van der Waals surface area contributed by atoms with Gasteiger partial charge in [-0.25, -0.2) is 0 Å². The minimum atomic E-state index is -0.587. The Hall–Kier alpha value is -0.160. The Morgan fingerprint density at radius 1 is 0.833 bits per heavy atom. The van der Waals surface area contributed by atoms with Gasteiger partial charge in [0.15, 0.2) is 0 Å². The van der Waals surface area contributed by atoms with Gasteiger partial charge in [0.25, 0.3) is 0 Å². The van der Waals surface area contributed by atoms with Gasteiger partial charge in [-0.15, -0.1) is 0 Å². The number of hydrogen-bond donors (Lipinski definition) is 4. The van der Waals surface area contributed by atoms with Crippen molar-refractivity contribution in [3.63, 3.8) is 0 Å². The maximum Gasteiger partial charge on any atom is 0.0595 e. The summed E-state index contributed by atoms with van der Waals surface area (Å²) in [5.74, 6) is -0.467. The fourth-order valence-corrected chi connectivity index (χ4v) is 1.71. The van der Waals surface area contributed by atoms with Crippen molar-refractivity contribution in [3.05, 3.63) is 0 Å². The van der Waals surface area contributed by atoms with Crippen LogP contribution in [-0.2, 0) is 0 Å². The molecule has 0 heterocycles. The number of hydrogen-bond acceptors (Lipinski definition) is 4. The summed E-state index contributed by atoms with van der Waals surface area (Å²) in [6.45, 7) is -0.202. The second kappa shape index (κ2) is 4.18. The molecule has 0 aromatic carbocycles. The third-order valence-electron chi connectivity index (χ3n) is 2.65. The quantitative estimate of drug-likeness (QED) is 0.422. The molecule has 4 heteroatoms. The first-order valence-electron chi connectivity index (χ1n) is 4.27. The molecule has 0 amide bonds. The topological polar surface area (TPSA) is 80.9 Å². The maximum atomic E-state index is 9.41. The van der Waals surface area contributed by atoms with Crippen LogP contribution in [0.5, 0.6) is 0 Å². The molecular weight excluding hydrogens is 160 g/mol. The molecule has 72 valence electrons. The summed E-state index contributed by atoms with van der Waals surface area (Å²) in [6.07, 6.45) is -0.419. The van der Waals surface area contributed by atoms with Gasteiger partial charge in [0, 0.05) is 25.0 Å². The van der Waals surface area contributed by atoms with Crippen LogP contribution in [0.1, 0.15) is 12.8 Å². The van der Waals surface area contributed by atoms with E-state index in [1.54, 1.807) is 0 Å². The Morgan fingerprint density at radius 3 is 1.42 bits per heavy atom. The molecule has 0 aromatic heterocycles. The predicted molar refractivity (Wildman–Crippen MR) is 42.4 cm³/mol. The van der Waals surface area contributed by atoms with Crippen LogP contribution in [0.3, 0.4) is 0 Å². The van der Waals surface area contributed by atoms with Crippen LogP contribution < -0.4 is 0 Å². The van der Waals surface area contributed by atoms with Crippen LogP contribution in [0.2, 0.25) is 0 Å². The van der Waals surface area contributed by atoms with Crippen molar-refractivity contribution in [2.75, 3.05) is 13.2 Å². The molecule has 1 fully saturated rings. The molecule has 1 saturated carbocycles. The van der Waals surface area contributed by atoms with Gasteiger partial charge in [-0.3, -0.25) is 0 Å². The molecule has 0 radical (unpaired) electrons. The fourth-order valence-electron chi connectivity index (χ4n) is 1.71. The van der Waals surface area contributed by atoms with Crippen molar-refractivity contribution in [2.24, 2.45) is 11.8 Å². The molecule has 1 aliphatic rings. The van der Waals surface area contributed by atoms with Gasteiger partial charge in [-0.1, -0.05) is 0 Å². The van der Waals surface area contributed by atoms with Crippen LogP contribution in [0.15, 0.2) is 0 Å². The van der Waals surface area contributed by atoms with Crippen LogP contribution in [0.4, 0.5) is 0 Å². The summed E-state index contributed by atoms with van der Waals surface area (Å²) in [5.41, 5.74) is 0. The van der Waals surface area contributed by atoms with E-state index in [2.05, 4.69) is 0 Å². The zero-order valence-corrected chi connectivity index (χ0v) is 6.93. The minimum absolute atomic E-state index is 0.101. The van der Waals surface area contributed by atoms with Crippen molar-refractivity contribution in [2.45, 2.75) is 25.0 Å². The van der Waals surface area contributed by atoms with Crippen molar-refractivity contribution in [1.29, 1.82) is 0 Å². The molecular formula is C8H16O4. The van der Waals surface area contributed by atoms with Crippen LogP contribution >= 0.6 is 0 Å². The monoisotopic (exact) mass is 176 g/mol. The predicted octanol–water partition coefficient (Wildman–Crippen LogP) is -1.28. The molecule has 0 saturated heterocycles.